The average Bonchev–Trinajstić information content (AvgIpc) is 2.83. The second-order valence-electron chi connectivity index (χ2n) is 9.94. The lowest BCUT2D eigenvalue weighted by molar-refractivity contribution is -0.302. The Balaban J connectivity index is 2.24. The molecule has 1 aliphatic heterocycles. The molecule has 2 unspecified atom stereocenters. The lowest BCUT2D eigenvalue weighted by atomic mass is 9.99. The van der Waals surface area contributed by atoms with Crippen LogP contribution in [0.3, 0.4) is 0 Å². The van der Waals surface area contributed by atoms with E-state index in [1.807, 2.05) is 0 Å². The van der Waals surface area contributed by atoms with E-state index in [-0.39, 0.29) is 12.5 Å². The number of unbranched alkanes of at least 4 members (excludes halogenated alkanes) is 12. The van der Waals surface area contributed by atoms with Crippen molar-refractivity contribution >= 4 is 5.91 Å². The van der Waals surface area contributed by atoms with Gasteiger partial charge in [0.15, 0.2) is 6.29 Å². The van der Waals surface area contributed by atoms with Gasteiger partial charge >= 0.3 is 0 Å². The number of hydrogen-bond acceptors (Lipinski definition) is 8. The average molecular weight is 506 g/mol. The zero-order chi connectivity index (χ0) is 26.1. The number of nitrogens with one attached hydrogen (secondary N) is 1. The van der Waals surface area contributed by atoms with Crippen molar-refractivity contribution in [1.82, 2.24) is 5.32 Å². The van der Waals surface area contributed by atoms with E-state index in [2.05, 4.69) is 12.2 Å². The first-order valence-electron chi connectivity index (χ1n) is 13.7. The van der Waals surface area contributed by atoms with Gasteiger partial charge in [-0.2, -0.15) is 0 Å². The number of aliphatic hydroxyl groups is 5. The molecule has 0 radical (unpaired) electrons. The lowest BCUT2D eigenvalue weighted by Gasteiger charge is -2.40. The van der Waals surface area contributed by atoms with Gasteiger partial charge in [-0.05, 0) is 6.42 Å². The van der Waals surface area contributed by atoms with Crippen molar-refractivity contribution in [1.29, 1.82) is 0 Å². The first-order valence-corrected chi connectivity index (χ1v) is 13.7. The van der Waals surface area contributed by atoms with Crippen molar-refractivity contribution in [2.45, 2.75) is 147 Å². The second kappa shape index (κ2) is 19.3. The highest BCUT2D eigenvalue weighted by molar-refractivity contribution is 5.73. The number of amides is 1. The Labute approximate surface area is 211 Å². The fourth-order valence-electron chi connectivity index (χ4n) is 4.49. The maximum Gasteiger partial charge on any atom is 0.217 e. The minimum atomic E-state index is -1.54. The molecular weight excluding hydrogens is 454 g/mol. The Hall–Kier alpha value is -0.810. The number of rotatable bonds is 20. The van der Waals surface area contributed by atoms with Crippen LogP contribution >= 0.6 is 0 Å². The fraction of sp³-hybridized carbons (Fsp3) is 0.962. The third kappa shape index (κ3) is 13.3. The first-order chi connectivity index (χ1) is 16.8. The van der Waals surface area contributed by atoms with E-state index in [1.54, 1.807) is 0 Å². The van der Waals surface area contributed by atoms with Gasteiger partial charge in [0.25, 0.3) is 0 Å². The molecule has 0 aromatic carbocycles. The van der Waals surface area contributed by atoms with Crippen LogP contribution in [0.1, 0.15) is 104 Å². The largest absolute Gasteiger partial charge is 0.394 e. The van der Waals surface area contributed by atoms with E-state index < -0.39 is 49.5 Å². The van der Waals surface area contributed by atoms with Crippen LogP contribution in [0.5, 0.6) is 0 Å². The molecule has 1 saturated heterocycles. The van der Waals surface area contributed by atoms with Crippen molar-refractivity contribution in [2.24, 2.45) is 0 Å². The summed E-state index contributed by atoms with van der Waals surface area (Å²) in [5, 5.41) is 52.4. The molecule has 1 rings (SSSR count). The molecule has 9 heteroatoms. The molecule has 35 heavy (non-hydrogen) atoms. The number of aliphatic hydroxyl groups excluding tert-OH is 5. The topological polar surface area (TPSA) is 149 Å². The van der Waals surface area contributed by atoms with Crippen LogP contribution in [0, 0.1) is 0 Å². The van der Waals surface area contributed by atoms with Gasteiger partial charge in [0.05, 0.1) is 25.4 Å². The molecule has 0 bridgehead atoms. The minimum absolute atomic E-state index is 0.151. The summed E-state index contributed by atoms with van der Waals surface area (Å²) in [4.78, 5) is 11.6. The van der Waals surface area contributed by atoms with Gasteiger partial charge in [-0.15, -0.1) is 0 Å². The summed E-state index contributed by atoms with van der Waals surface area (Å²) in [6.45, 7) is 2.88. The summed E-state index contributed by atoms with van der Waals surface area (Å²) in [5.74, 6) is -0.322. The minimum Gasteiger partial charge on any atom is -0.394 e. The highest BCUT2D eigenvalue weighted by Crippen LogP contribution is 2.22. The van der Waals surface area contributed by atoms with Crippen LogP contribution in [0.4, 0.5) is 0 Å². The SMILES string of the molecule is CCCCCCCCCCCCCCC[C@H](O)[C@H](CO[C@@H]1OC(CO)[C@@H](O)C(O)[C@@H]1O)NC(C)=O. The zero-order valence-electron chi connectivity index (χ0n) is 21.8. The molecule has 0 aromatic rings. The molecule has 1 amide bonds. The van der Waals surface area contributed by atoms with Crippen LogP contribution in [-0.2, 0) is 14.3 Å². The van der Waals surface area contributed by atoms with Crippen LogP contribution in [-0.4, -0.2) is 87.5 Å². The zero-order valence-corrected chi connectivity index (χ0v) is 21.8. The molecule has 1 heterocycles. The Morgan fingerprint density at radius 2 is 1.37 bits per heavy atom. The predicted molar refractivity (Wildman–Crippen MR) is 134 cm³/mol. The Bertz CT molecular complexity index is 535. The lowest BCUT2D eigenvalue weighted by Crippen LogP contribution is -2.60. The second-order valence-corrected chi connectivity index (χ2v) is 9.94. The maximum absolute atomic E-state index is 11.6. The van der Waals surface area contributed by atoms with E-state index in [0.717, 1.165) is 19.3 Å². The molecular formula is C26H51NO8. The summed E-state index contributed by atoms with van der Waals surface area (Å²) < 4.78 is 10.8. The van der Waals surface area contributed by atoms with Crippen molar-refractivity contribution in [3.8, 4) is 0 Å². The van der Waals surface area contributed by atoms with Gasteiger partial charge < -0.3 is 40.3 Å². The summed E-state index contributed by atoms with van der Waals surface area (Å²) in [7, 11) is 0. The molecule has 0 aliphatic carbocycles. The number of carbonyl (C=O) groups excluding carboxylic acids is 1. The van der Waals surface area contributed by atoms with Gasteiger partial charge in [0.2, 0.25) is 5.91 Å². The third-order valence-corrected chi connectivity index (χ3v) is 6.75. The summed E-state index contributed by atoms with van der Waals surface area (Å²) in [5.41, 5.74) is 0. The van der Waals surface area contributed by atoms with Crippen LogP contribution < -0.4 is 5.32 Å². The highest BCUT2D eigenvalue weighted by Gasteiger charge is 2.44. The number of carbonyl (C=O) groups is 1. The molecule has 1 fully saturated rings. The molecule has 9 nitrogen and oxygen atoms in total. The van der Waals surface area contributed by atoms with E-state index in [4.69, 9.17) is 9.47 Å². The molecule has 0 spiro atoms. The standard InChI is InChI=1S/C26H51NO8/c1-3-4-5-6-7-8-9-10-11-12-13-14-15-16-21(30)20(27-19(2)29)18-34-26-25(33)24(32)23(31)22(17-28)35-26/h20-26,28,30-33H,3-18H2,1-2H3,(H,27,29)/t20-,21-,22?,23+,24?,25-,26+/m0/s1. The van der Waals surface area contributed by atoms with E-state index in [1.165, 1.54) is 71.1 Å². The molecule has 0 aromatic heterocycles. The van der Waals surface area contributed by atoms with Crippen molar-refractivity contribution < 1.29 is 39.8 Å². The molecule has 1 aliphatic rings. The smallest absolute Gasteiger partial charge is 0.217 e. The molecule has 7 atom stereocenters. The summed E-state index contributed by atoms with van der Waals surface area (Å²) >= 11 is 0. The molecule has 6 N–H and O–H groups in total. The van der Waals surface area contributed by atoms with Gasteiger partial charge in [-0.1, -0.05) is 90.4 Å². The fourth-order valence-corrected chi connectivity index (χ4v) is 4.49. The highest BCUT2D eigenvalue weighted by atomic mass is 16.7. The van der Waals surface area contributed by atoms with Crippen molar-refractivity contribution in [3.63, 3.8) is 0 Å². The molecule has 208 valence electrons. The van der Waals surface area contributed by atoms with Gasteiger partial charge in [0.1, 0.15) is 24.4 Å². The summed E-state index contributed by atoms with van der Waals surface area (Å²) in [6.07, 6.45) is 8.83. The quantitative estimate of drug-likeness (QED) is 0.138. The van der Waals surface area contributed by atoms with Gasteiger partial charge in [-0.3, -0.25) is 4.79 Å². The molecule has 0 saturated carbocycles. The van der Waals surface area contributed by atoms with Crippen molar-refractivity contribution in [3.05, 3.63) is 0 Å². The summed E-state index contributed by atoms with van der Waals surface area (Å²) in [6, 6.07) is -0.711. The van der Waals surface area contributed by atoms with Crippen LogP contribution in [0.2, 0.25) is 0 Å². The van der Waals surface area contributed by atoms with Crippen LogP contribution in [0.25, 0.3) is 0 Å². The first kappa shape index (κ1) is 32.2. The Kier molecular flexibility index (Phi) is 17.8. The monoisotopic (exact) mass is 505 g/mol. The predicted octanol–water partition coefficient (Wildman–Crippen LogP) is 2.15. The normalized spacial score (nSPS) is 26.4. The van der Waals surface area contributed by atoms with E-state index in [0.29, 0.717) is 6.42 Å². The number of ether oxygens (including phenoxy) is 2. The van der Waals surface area contributed by atoms with Crippen molar-refractivity contribution in [2.75, 3.05) is 13.2 Å². The van der Waals surface area contributed by atoms with Crippen LogP contribution in [0.15, 0.2) is 0 Å². The number of hydrogen-bond donors (Lipinski definition) is 6. The maximum atomic E-state index is 11.6. The van der Waals surface area contributed by atoms with Gasteiger partial charge in [-0.25, -0.2) is 0 Å². The van der Waals surface area contributed by atoms with E-state index in [9.17, 15) is 30.3 Å². The van der Waals surface area contributed by atoms with E-state index >= 15 is 0 Å². The third-order valence-electron chi connectivity index (χ3n) is 6.75. The Morgan fingerprint density at radius 1 is 0.857 bits per heavy atom. The Morgan fingerprint density at radius 3 is 1.86 bits per heavy atom. The van der Waals surface area contributed by atoms with Gasteiger partial charge in [0, 0.05) is 6.92 Å².